The van der Waals surface area contributed by atoms with Gasteiger partial charge in [-0.05, 0) is 47.7 Å². The number of nitriles is 1. The lowest BCUT2D eigenvalue weighted by atomic mass is 10.2. The fourth-order valence-corrected chi connectivity index (χ4v) is 4.25. The number of fused-ring (bicyclic) bond motifs is 1. The molecular formula is C17H11ClN2O2S2. The second kappa shape index (κ2) is 7.14. The molecule has 0 fully saturated rings. The van der Waals surface area contributed by atoms with Gasteiger partial charge in [0.1, 0.15) is 6.07 Å². The van der Waals surface area contributed by atoms with Crippen molar-refractivity contribution in [2.45, 2.75) is 4.34 Å². The summed E-state index contributed by atoms with van der Waals surface area (Å²) in [6.07, 6.45) is 1.69. The van der Waals surface area contributed by atoms with E-state index in [-0.39, 0.29) is 16.5 Å². The van der Waals surface area contributed by atoms with Gasteiger partial charge in [0, 0.05) is 0 Å². The molecular weight excluding hydrogens is 364 g/mol. The highest BCUT2D eigenvalue weighted by molar-refractivity contribution is 8.05. The maximum absolute atomic E-state index is 9.77. The summed E-state index contributed by atoms with van der Waals surface area (Å²) in [6.45, 7) is 0. The first-order valence-corrected chi connectivity index (χ1v) is 8.83. The molecule has 7 heteroatoms. The zero-order valence-corrected chi connectivity index (χ0v) is 14.9. The zero-order chi connectivity index (χ0) is 17.1. The Kier molecular flexibility index (Phi) is 4.95. The number of methoxy groups -OCH3 is 1. The van der Waals surface area contributed by atoms with Crippen molar-refractivity contribution in [2.24, 2.45) is 0 Å². The van der Waals surface area contributed by atoms with Crippen LogP contribution in [0.2, 0.25) is 5.02 Å². The van der Waals surface area contributed by atoms with Crippen LogP contribution < -0.4 is 4.74 Å². The van der Waals surface area contributed by atoms with Crippen molar-refractivity contribution < 1.29 is 9.84 Å². The standard InChI is InChI=1S/C17H11ClN2O2S2/c1-22-14-8-10(7-12(18)16(14)21)6-11(9-19)23-17-20-13-4-2-3-5-15(13)24-17/h2-8,21H,1H3. The summed E-state index contributed by atoms with van der Waals surface area (Å²) in [4.78, 5) is 4.98. The molecule has 4 nitrogen and oxygen atoms in total. The molecule has 0 atom stereocenters. The van der Waals surface area contributed by atoms with Gasteiger partial charge in [-0.2, -0.15) is 5.26 Å². The summed E-state index contributed by atoms with van der Waals surface area (Å²) in [5, 5.41) is 19.3. The number of aromatic nitrogens is 1. The second-order valence-electron chi connectivity index (χ2n) is 4.72. The smallest absolute Gasteiger partial charge is 0.176 e. The number of thiazole rings is 1. The van der Waals surface area contributed by atoms with Crippen molar-refractivity contribution in [3.05, 3.63) is 51.9 Å². The number of ether oxygens (including phenoxy) is 1. The van der Waals surface area contributed by atoms with Crippen molar-refractivity contribution in [2.75, 3.05) is 7.11 Å². The average molecular weight is 375 g/mol. The quantitative estimate of drug-likeness (QED) is 0.494. The molecule has 0 amide bonds. The normalized spacial score (nSPS) is 11.5. The number of allylic oxidation sites excluding steroid dienone is 1. The molecule has 0 spiro atoms. The summed E-state index contributed by atoms with van der Waals surface area (Å²) >= 11 is 8.81. The molecule has 3 aromatic rings. The van der Waals surface area contributed by atoms with Crippen LogP contribution in [0.5, 0.6) is 11.5 Å². The third kappa shape index (κ3) is 3.49. The van der Waals surface area contributed by atoms with E-state index >= 15 is 0 Å². The number of benzene rings is 2. The number of hydrogen-bond donors (Lipinski definition) is 1. The minimum atomic E-state index is -0.117. The predicted molar refractivity (Wildman–Crippen MR) is 98.7 cm³/mol. The molecule has 0 aliphatic heterocycles. The topological polar surface area (TPSA) is 66.1 Å². The molecule has 0 unspecified atom stereocenters. The van der Waals surface area contributed by atoms with Gasteiger partial charge in [0.05, 0.1) is 27.3 Å². The van der Waals surface area contributed by atoms with Crippen LogP contribution in [-0.2, 0) is 0 Å². The van der Waals surface area contributed by atoms with Gasteiger partial charge in [-0.1, -0.05) is 23.7 Å². The predicted octanol–water partition coefficient (Wildman–Crippen LogP) is 5.32. The van der Waals surface area contributed by atoms with E-state index in [0.29, 0.717) is 10.5 Å². The monoisotopic (exact) mass is 374 g/mol. The summed E-state index contributed by atoms with van der Waals surface area (Å²) in [5.41, 5.74) is 1.58. The van der Waals surface area contributed by atoms with E-state index in [0.717, 1.165) is 14.6 Å². The highest BCUT2D eigenvalue weighted by atomic mass is 35.5. The molecule has 0 aliphatic carbocycles. The Labute approximate surface area is 152 Å². The zero-order valence-electron chi connectivity index (χ0n) is 12.5. The molecule has 2 aromatic carbocycles. The number of aromatic hydroxyl groups is 1. The molecule has 3 rings (SSSR count). The third-order valence-corrected chi connectivity index (χ3v) is 5.46. The van der Waals surface area contributed by atoms with E-state index in [9.17, 15) is 10.4 Å². The summed E-state index contributed by atoms with van der Waals surface area (Å²) in [5.74, 6) is 0.143. The molecule has 0 saturated carbocycles. The van der Waals surface area contributed by atoms with E-state index < -0.39 is 0 Å². The van der Waals surface area contributed by atoms with E-state index in [1.807, 2.05) is 24.3 Å². The van der Waals surface area contributed by atoms with E-state index in [1.54, 1.807) is 18.2 Å². The van der Waals surface area contributed by atoms with E-state index in [1.165, 1.54) is 30.2 Å². The number of para-hydroxylation sites is 1. The molecule has 24 heavy (non-hydrogen) atoms. The summed E-state index contributed by atoms with van der Waals surface area (Å²) in [6, 6.07) is 13.2. The molecule has 0 radical (unpaired) electrons. The first kappa shape index (κ1) is 16.7. The minimum absolute atomic E-state index is 0.117. The molecule has 0 aliphatic rings. The van der Waals surface area contributed by atoms with Crippen molar-refractivity contribution in [1.29, 1.82) is 5.26 Å². The van der Waals surface area contributed by atoms with Gasteiger partial charge in [-0.15, -0.1) is 11.3 Å². The Hall–Kier alpha value is -2.20. The number of hydrogen-bond acceptors (Lipinski definition) is 6. The van der Waals surface area contributed by atoms with Crippen molar-refractivity contribution in [3.63, 3.8) is 0 Å². The fraction of sp³-hybridized carbons (Fsp3) is 0.0588. The molecule has 0 bridgehead atoms. The lowest BCUT2D eigenvalue weighted by Gasteiger charge is -2.06. The number of nitrogens with zero attached hydrogens (tertiary/aromatic N) is 2. The van der Waals surface area contributed by atoms with Gasteiger partial charge in [0.25, 0.3) is 0 Å². The van der Waals surface area contributed by atoms with Gasteiger partial charge in [-0.3, -0.25) is 0 Å². The van der Waals surface area contributed by atoms with Gasteiger partial charge >= 0.3 is 0 Å². The maximum atomic E-state index is 9.77. The number of rotatable bonds is 4. The summed E-state index contributed by atoms with van der Waals surface area (Å²) in [7, 11) is 1.44. The first-order valence-electron chi connectivity index (χ1n) is 6.82. The van der Waals surface area contributed by atoms with E-state index in [4.69, 9.17) is 16.3 Å². The molecule has 120 valence electrons. The lowest BCUT2D eigenvalue weighted by Crippen LogP contribution is -1.86. The van der Waals surface area contributed by atoms with Crippen LogP contribution in [0.25, 0.3) is 16.3 Å². The second-order valence-corrected chi connectivity index (χ2v) is 7.45. The van der Waals surface area contributed by atoms with Crippen LogP contribution in [0.3, 0.4) is 0 Å². The molecule has 1 heterocycles. The Balaban J connectivity index is 1.92. The Morgan fingerprint density at radius 2 is 2.21 bits per heavy atom. The van der Waals surface area contributed by atoms with Crippen molar-refractivity contribution >= 4 is 51.0 Å². The van der Waals surface area contributed by atoms with E-state index in [2.05, 4.69) is 11.1 Å². The number of phenols is 1. The van der Waals surface area contributed by atoms with Gasteiger partial charge in [-0.25, -0.2) is 4.98 Å². The number of phenolic OH excluding ortho intramolecular Hbond substituents is 1. The summed E-state index contributed by atoms with van der Waals surface area (Å²) < 4.78 is 6.94. The van der Waals surface area contributed by atoms with Crippen LogP contribution in [0, 0.1) is 11.3 Å². The Morgan fingerprint density at radius 1 is 1.42 bits per heavy atom. The van der Waals surface area contributed by atoms with Crippen molar-refractivity contribution in [3.8, 4) is 17.6 Å². The highest BCUT2D eigenvalue weighted by Gasteiger charge is 2.10. The minimum Gasteiger partial charge on any atom is -0.503 e. The highest BCUT2D eigenvalue weighted by Crippen LogP contribution is 2.38. The van der Waals surface area contributed by atoms with Crippen molar-refractivity contribution in [1.82, 2.24) is 4.98 Å². The molecule has 0 saturated heterocycles. The Bertz CT molecular complexity index is 943. The van der Waals surface area contributed by atoms with Gasteiger partial charge in [0.2, 0.25) is 0 Å². The SMILES string of the molecule is COc1cc(C=C(C#N)Sc2nc3ccccc3s2)cc(Cl)c1O. The number of thioether (sulfide) groups is 1. The fourth-order valence-electron chi connectivity index (χ4n) is 2.06. The van der Waals surface area contributed by atoms with Crippen LogP contribution in [0.1, 0.15) is 5.56 Å². The van der Waals surface area contributed by atoms with Crippen LogP contribution in [0.15, 0.2) is 45.6 Å². The number of halogens is 1. The van der Waals surface area contributed by atoms with Gasteiger partial charge < -0.3 is 9.84 Å². The molecule has 1 N–H and O–H groups in total. The first-order chi connectivity index (χ1) is 11.6. The van der Waals surface area contributed by atoms with Crippen LogP contribution in [0.4, 0.5) is 0 Å². The third-order valence-electron chi connectivity index (χ3n) is 3.15. The Morgan fingerprint density at radius 3 is 2.92 bits per heavy atom. The largest absolute Gasteiger partial charge is 0.503 e. The average Bonchev–Trinajstić information content (AvgIpc) is 2.99. The molecule has 1 aromatic heterocycles. The van der Waals surface area contributed by atoms with Gasteiger partial charge in [0.15, 0.2) is 15.8 Å². The van der Waals surface area contributed by atoms with Crippen LogP contribution in [-0.4, -0.2) is 17.2 Å². The maximum Gasteiger partial charge on any atom is 0.176 e. The lowest BCUT2D eigenvalue weighted by molar-refractivity contribution is 0.373. The van der Waals surface area contributed by atoms with Crippen LogP contribution >= 0.6 is 34.7 Å².